The highest BCUT2D eigenvalue weighted by Gasteiger charge is 2.49. The summed E-state index contributed by atoms with van der Waals surface area (Å²) < 4.78 is 11.0. The topological polar surface area (TPSA) is 60.2 Å². The fraction of sp³-hybridized carbons (Fsp3) is 0.450. The predicted molar refractivity (Wildman–Crippen MR) is 95.2 cm³/mol. The van der Waals surface area contributed by atoms with Crippen LogP contribution < -0.4 is 4.74 Å². The molecule has 2 aliphatic rings. The van der Waals surface area contributed by atoms with Gasteiger partial charge in [-0.1, -0.05) is 26.0 Å². The van der Waals surface area contributed by atoms with Crippen molar-refractivity contribution in [2.75, 3.05) is 20.3 Å². The number of ketones is 1. The second kappa shape index (κ2) is 6.58. The molecule has 26 heavy (non-hydrogen) atoms. The molecule has 6 heteroatoms. The first-order chi connectivity index (χ1) is 12.3. The van der Waals surface area contributed by atoms with Crippen LogP contribution in [0.15, 0.2) is 36.0 Å². The summed E-state index contributed by atoms with van der Waals surface area (Å²) in [5.74, 6) is 0.495. The van der Waals surface area contributed by atoms with Crippen LogP contribution in [0.3, 0.4) is 0 Å². The van der Waals surface area contributed by atoms with Crippen LogP contribution in [0.5, 0.6) is 5.75 Å². The zero-order chi connectivity index (χ0) is 18.9. The molecule has 6 nitrogen and oxygen atoms in total. The van der Waals surface area contributed by atoms with Crippen LogP contribution in [0.2, 0.25) is 0 Å². The number of hydrogen-bond donors (Lipinski definition) is 0. The van der Waals surface area contributed by atoms with Gasteiger partial charge in [-0.3, -0.25) is 4.79 Å². The van der Waals surface area contributed by atoms with Gasteiger partial charge < -0.3 is 19.2 Å². The Morgan fingerprint density at radius 2 is 1.96 bits per heavy atom. The molecule has 0 bridgehead atoms. The fourth-order valence-electron chi connectivity index (χ4n) is 3.67. The average molecular weight is 354 g/mol. The molecular formula is C20H22N2O4. The van der Waals surface area contributed by atoms with Crippen LogP contribution in [0.25, 0.3) is 4.85 Å². The summed E-state index contributed by atoms with van der Waals surface area (Å²) in [5.41, 5.74) is -0.407. The first kappa shape index (κ1) is 18.2. The van der Waals surface area contributed by atoms with Crippen molar-refractivity contribution in [1.29, 1.82) is 0 Å². The molecule has 1 fully saturated rings. The van der Waals surface area contributed by atoms with Gasteiger partial charge in [0.15, 0.2) is 5.78 Å². The van der Waals surface area contributed by atoms with E-state index in [-0.39, 0.29) is 24.0 Å². The van der Waals surface area contributed by atoms with Gasteiger partial charge in [0.25, 0.3) is 0 Å². The molecule has 0 radical (unpaired) electrons. The van der Waals surface area contributed by atoms with Crippen molar-refractivity contribution in [3.63, 3.8) is 0 Å². The Bertz CT molecular complexity index is 804. The van der Waals surface area contributed by atoms with Gasteiger partial charge in [-0.25, -0.2) is 4.85 Å². The molecule has 1 aromatic rings. The highest BCUT2D eigenvalue weighted by atomic mass is 16.5. The highest BCUT2D eigenvalue weighted by Crippen LogP contribution is 2.42. The Balaban J connectivity index is 1.85. The van der Waals surface area contributed by atoms with Crippen molar-refractivity contribution in [2.24, 2.45) is 5.41 Å². The number of allylic oxidation sites excluding steroid dienone is 1. The van der Waals surface area contributed by atoms with Crippen molar-refractivity contribution >= 4 is 11.7 Å². The van der Waals surface area contributed by atoms with Gasteiger partial charge in [0, 0.05) is 12.0 Å². The number of benzene rings is 1. The van der Waals surface area contributed by atoms with E-state index in [9.17, 15) is 9.59 Å². The van der Waals surface area contributed by atoms with Crippen molar-refractivity contribution in [3.8, 4) is 5.75 Å². The second-order valence-corrected chi connectivity index (χ2v) is 7.48. The molecule has 136 valence electrons. The van der Waals surface area contributed by atoms with E-state index in [1.807, 2.05) is 38.1 Å². The van der Waals surface area contributed by atoms with Crippen LogP contribution in [-0.4, -0.2) is 42.5 Å². The molecule has 3 rings (SSSR count). The Morgan fingerprint density at radius 1 is 1.27 bits per heavy atom. The predicted octanol–water partition coefficient (Wildman–Crippen LogP) is 2.59. The zero-order valence-corrected chi connectivity index (χ0v) is 15.2. The molecule has 0 aromatic heterocycles. The normalized spacial score (nSPS) is 25.0. The molecule has 1 spiro atoms. The van der Waals surface area contributed by atoms with Crippen LogP contribution in [0.4, 0.5) is 0 Å². The molecular weight excluding hydrogens is 332 g/mol. The lowest BCUT2D eigenvalue weighted by atomic mass is 9.71. The van der Waals surface area contributed by atoms with E-state index in [1.165, 1.54) is 0 Å². The summed E-state index contributed by atoms with van der Waals surface area (Å²) >= 11 is 0. The lowest BCUT2D eigenvalue weighted by Gasteiger charge is -2.46. The van der Waals surface area contributed by atoms with Gasteiger partial charge in [-0.05, 0) is 30.2 Å². The summed E-state index contributed by atoms with van der Waals surface area (Å²) in [6.07, 6.45) is 2.06. The van der Waals surface area contributed by atoms with E-state index in [0.29, 0.717) is 19.5 Å². The molecule has 1 aliphatic heterocycles. The largest absolute Gasteiger partial charge is 0.497 e. The van der Waals surface area contributed by atoms with E-state index >= 15 is 0 Å². The fourth-order valence-corrected chi connectivity index (χ4v) is 3.67. The average Bonchev–Trinajstić information content (AvgIpc) is 2.62. The molecule has 0 N–H and O–H groups in total. The van der Waals surface area contributed by atoms with E-state index in [1.54, 1.807) is 18.1 Å². The summed E-state index contributed by atoms with van der Waals surface area (Å²) in [7, 11) is 1.61. The molecule has 0 saturated carbocycles. The van der Waals surface area contributed by atoms with Crippen LogP contribution in [0, 0.1) is 12.0 Å². The third-order valence-electron chi connectivity index (χ3n) is 4.94. The molecule has 1 aromatic carbocycles. The number of methoxy groups -OCH3 is 1. The van der Waals surface area contributed by atoms with Gasteiger partial charge in [0.05, 0.1) is 25.8 Å². The number of ether oxygens (including phenoxy) is 2. The minimum absolute atomic E-state index is 0.0534. The minimum atomic E-state index is -0.794. The zero-order valence-electron chi connectivity index (χ0n) is 15.2. The Hall–Kier alpha value is -2.65. The minimum Gasteiger partial charge on any atom is -0.497 e. The molecule has 1 unspecified atom stereocenters. The number of rotatable bonds is 3. The summed E-state index contributed by atoms with van der Waals surface area (Å²) in [6.45, 7) is 11.7. The van der Waals surface area contributed by atoms with Crippen LogP contribution in [0.1, 0.15) is 25.8 Å². The summed E-state index contributed by atoms with van der Waals surface area (Å²) in [4.78, 5) is 29.8. The Labute approximate surface area is 153 Å². The second-order valence-electron chi connectivity index (χ2n) is 7.48. The highest BCUT2D eigenvalue weighted by molar-refractivity contribution is 6.02. The number of Topliss-reactive ketones (excluding diaryl/α,β-unsaturated/α-hetero) is 1. The maximum Gasteiger partial charge on any atom is 0.249 e. The molecule has 1 atom stereocenters. The molecule has 1 aliphatic carbocycles. The first-order valence-electron chi connectivity index (χ1n) is 8.48. The van der Waals surface area contributed by atoms with Crippen LogP contribution in [-0.2, 0) is 20.9 Å². The SMILES string of the molecule is [C-]#[N+]C1=CC2(CN(Cc3ccc(OC)cc3)C(=O)CO2)CC(C)(C)C1=O. The third kappa shape index (κ3) is 3.35. The number of carbonyl (C=O) groups excluding carboxylic acids is 2. The lowest BCUT2D eigenvalue weighted by Crippen LogP contribution is -2.57. The number of morpholine rings is 1. The summed E-state index contributed by atoms with van der Waals surface area (Å²) in [5, 5.41) is 0. The molecule has 1 heterocycles. The van der Waals surface area contributed by atoms with E-state index in [0.717, 1.165) is 11.3 Å². The maximum absolute atomic E-state index is 12.4. The van der Waals surface area contributed by atoms with Crippen molar-refractivity contribution in [2.45, 2.75) is 32.4 Å². The maximum atomic E-state index is 12.4. The molecule has 1 amide bonds. The van der Waals surface area contributed by atoms with Crippen LogP contribution >= 0.6 is 0 Å². The Morgan fingerprint density at radius 3 is 2.58 bits per heavy atom. The van der Waals surface area contributed by atoms with Crippen molar-refractivity contribution in [3.05, 3.63) is 53.0 Å². The van der Waals surface area contributed by atoms with E-state index in [2.05, 4.69) is 4.85 Å². The Kier molecular flexibility index (Phi) is 4.59. The summed E-state index contributed by atoms with van der Waals surface area (Å²) in [6, 6.07) is 7.55. The standard InChI is InChI=1S/C20H22N2O4/c1-19(2)12-20(9-16(21-3)18(19)24)13-22(17(23)11-26-20)10-14-5-7-15(25-4)8-6-14/h5-9H,10-13H2,1-2,4H3. The third-order valence-corrected chi connectivity index (χ3v) is 4.94. The number of hydrogen-bond acceptors (Lipinski definition) is 4. The van der Waals surface area contributed by atoms with E-state index in [4.69, 9.17) is 16.0 Å². The van der Waals surface area contributed by atoms with Gasteiger partial charge >= 0.3 is 0 Å². The molecule has 1 saturated heterocycles. The van der Waals surface area contributed by atoms with Gasteiger partial charge in [0.2, 0.25) is 11.6 Å². The monoisotopic (exact) mass is 354 g/mol. The lowest BCUT2D eigenvalue weighted by molar-refractivity contribution is -0.163. The van der Waals surface area contributed by atoms with Gasteiger partial charge in [-0.2, -0.15) is 0 Å². The first-order valence-corrected chi connectivity index (χ1v) is 8.48. The number of amides is 1. The quantitative estimate of drug-likeness (QED) is 0.783. The van der Waals surface area contributed by atoms with Crippen molar-refractivity contribution in [1.82, 2.24) is 4.90 Å². The number of carbonyl (C=O) groups is 2. The smallest absolute Gasteiger partial charge is 0.249 e. The van der Waals surface area contributed by atoms with Crippen molar-refractivity contribution < 1.29 is 19.1 Å². The van der Waals surface area contributed by atoms with Gasteiger partial charge in [0.1, 0.15) is 12.4 Å². The van der Waals surface area contributed by atoms with Gasteiger partial charge in [-0.15, -0.1) is 0 Å². The van der Waals surface area contributed by atoms with E-state index < -0.39 is 11.0 Å². The number of nitrogens with zero attached hydrogens (tertiary/aromatic N) is 2.